The summed E-state index contributed by atoms with van der Waals surface area (Å²) in [7, 11) is 0. The van der Waals surface area contributed by atoms with E-state index in [0.29, 0.717) is 25.1 Å². The smallest absolute Gasteiger partial charge is 0.336 e. The highest BCUT2D eigenvalue weighted by molar-refractivity contribution is 6.28. The number of unbranched alkanes of at least 4 members (excludes halogenated alkanes) is 1. The van der Waals surface area contributed by atoms with E-state index < -0.39 is 17.9 Å². The summed E-state index contributed by atoms with van der Waals surface area (Å²) in [5.41, 5.74) is 4.00. The van der Waals surface area contributed by atoms with Crippen molar-refractivity contribution in [2.45, 2.75) is 45.2 Å². The topological polar surface area (TPSA) is 108 Å². The molecule has 0 spiro atoms. The standard InChI is InChI=1S/C30H31ClN4O3/c1-2-35-27-15-9-8-13-25(27)33-28(35)26(14-7-6-12-22(32)19-31)34-29(36)24-18-21(16-17-23(24)30(37)38)20-10-4-3-5-11-20/h3-5,8-11,13,15-18,26,32H,2,6-7,12,14,19H2,1H3,(H,34,36)(H,37,38)/t26-/m0/s1. The number of nitrogens with zero attached hydrogens (tertiary/aromatic N) is 2. The van der Waals surface area contributed by atoms with Crippen molar-refractivity contribution in [3.05, 3.63) is 89.7 Å². The molecule has 196 valence electrons. The monoisotopic (exact) mass is 530 g/mol. The molecule has 1 heterocycles. The number of hydrogen-bond donors (Lipinski definition) is 3. The van der Waals surface area contributed by atoms with Gasteiger partial charge in [-0.15, -0.1) is 11.6 Å². The number of imidazole rings is 1. The van der Waals surface area contributed by atoms with Crippen molar-refractivity contribution in [1.29, 1.82) is 5.41 Å². The summed E-state index contributed by atoms with van der Waals surface area (Å²) in [6, 6.07) is 21.8. The van der Waals surface area contributed by atoms with Gasteiger partial charge in [0.1, 0.15) is 5.82 Å². The van der Waals surface area contributed by atoms with Crippen molar-refractivity contribution in [3.63, 3.8) is 0 Å². The molecule has 0 fully saturated rings. The van der Waals surface area contributed by atoms with Crippen molar-refractivity contribution in [3.8, 4) is 11.1 Å². The van der Waals surface area contributed by atoms with E-state index in [0.717, 1.165) is 40.8 Å². The highest BCUT2D eigenvalue weighted by atomic mass is 35.5. The van der Waals surface area contributed by atoms with E-state index in [9.17, 15) is 14.7 Å². The lowest BCUT2D eigenvalue weighted by molar-refractivity contribution is 0.0690. The predicted octanol–water partition coefficient (Wildman–Crippen LogP) is 6.71. The van der Waals surface area contributed by atoms with Crippen molar-refractivity contribution in [2.24, 2.45) is 0 Å². The SMILES string of the molecule is CCn1c([C@H](CCCCC(=N)CCl)NC(=O)c2cc(-c3ccccc3)ccc2C(=O)O)nc2ccccc21. The first-order valence-electron chi connectivity index (χ1n) is 12.7. The number of aromatic nitrogens is 2. The lowest BCUT2D eigenvalue weighted by Gasteiger charge is -2.21. The van der Waals surface area contributed by atoms with E-state index in [1.165, 1.54) is 6.07 Å². The fraction of sp³-hybridized carbons (Fsp3) is 0.267. The number of rotatable bonds is 12. The lowest BCUT2D eigenvalue weighted by atomic mass is 9.98. The first-order valence-corrected chi connectivity index (χ1v) is 13.3. The summed E-state index contributed by atoms with van der Waals surface area (Å²) in [6.45, 7) is 2.70. The van der Waals surface area contributed by atoms with Crippen LogP contribution in [0.2, 0.25) is 0 Å². The second kappa shape index (κ2) is 12.5. The summed E-state index contributed by atoms with van der Waals surface area (Å²) in [5.74, 6) is -0.688. The van der Waals surface area contributed by atoms with Gasteiger partial charge in [0.25, 0.3) is 5.91 Å². The minimum Gasteiger partial charge on any atom is -0.478 e. The number of fused-ring (bicyclic) bond motifs is 1. The Hall–Kier alpha value is -3.97. The number of carboxylic acids is 1. The van der Waals surface area contributed by atoms with Crippen LogP contribution < -0.4 is 5.32 Å². The van der Waals surface area contributed by atoms with Gasteiger partial charge in [0, 0.05) is 12.3 Å². The summed E-state index contributed by atoms with van der Waals surface area (Å²) in [5, 5.41) is 20.8. The van der Waals surface area contributed by atoms with Crippen LogP contribution in [0.15, 0.2) is 72.8 Å². The van der Waals surface area contributed by atoms with Crippen molar-refractivity contribution < 1.29 is 14.7 Å². The van der Waals surface area contributed by atoms with E-state index in [-0.39, 0.29) is 17.0 Å². The van der Waals surface area contributed by atoms with Gasteiger partial charge in [0.05, 0.1) is 34.1 Å². The van der Waals surface area contributed by atoms with Crippen LogP contribution in [0.1, 0.15) is 65.2 Å². The minimum atomic E-state index is -1.16. The normalized spacial score (nSPS) is 11.8. The van der Waals surface area contributed by atoms with Crippen LogP contribution in [-0.4, -0.2) is 38.1 Å². The van der Waals surface area contributed by atoms with Gasteiger partial charge >= 0.3 is 5.97 Å². The Kier molecular flexibility index (Phi) is 8.92. The second-order valence-corrected chi connectivity index (χ2v) is 9.41. The third-order valence-corrected chi connectivity index (χ3v) is 6.92. The molecule has 0 saturated carbocycles. The number of amides is 1. The Morgan fingerprint density at radius 2 is 1.74 bits per heavy atom. The van der Waals surface area contributed by atoms with Gasteiger partial charge in [-0.25, -0.2) is 9.78 Å². The number of carbonyl (C=O) groups is 2. The molecule has 0 aliphatic heterocycles. The molecule has 3 N–H and O–H groups in total. The molecule has 4 rings (SSSR count). The lowest BCUT2D eigenvalue weighted by Crippen LogP contribution is -2.32. The molecule has 0 bridgehead atoms. The summed E-state index contributed by atoms with van der Waals surface area (Å²) >= 11 is 5.77. The largest absolute Gasteiger partial charge is 0.478 e. The maximum Gasteiger partial charge on any atom is 0.336 e. The molecule has 3 aromatic carbocycles. The van der Waals surface area contributed by atoms with Crippen molar-refractivity contribution >= 4 is 40.2 Å². The summed E-state index contributed by atoms with van der Waals surface area (Å²) in [6.07, 6.45) is 2.68. The van der Waals surface area contributed by atoms with Crippen LogP contribution in [0.3, 0.4) is 0 Å². The van der Waals surface area contributed by atoms with E-state index in [1.807, 2.05) is 61.5 Å². The first kappa shape index (κ1) is 27.1. The van der Waals surface area contributed by atoms with Gasteiger partial charge in [-0.05, 0) is 61.6 Å². The van der Waals surface area contributed by atoms with E-state index in [2.05, 4.69) is 9.88 Å². The molecular weight excluding hydrogens is 500 g/mol. The van der Waals surface area contributed by atoms with Crippen molar-refractivity contribution in [2.75, 3.05) is 5.88 Å². The van der Waals surface area contributed by atoms with Crippen LogP contribution in [0.4, 0.5) is 0 Å². The Bertz CT molecular complexity index is 1450. The zero-order valence-corrected chi connectivity index (χ0v) is 22.0. The van der Waals surface area contributed by atoms with Crippen LogP contribution in [0, 0.1) is 5.41 Å². The molecule has 4 aromatic rings. The molecule has 0 radical (unpaired) electrons. The maximum absolute atomic E-state index is 13.7. The number of hydrogen-bond acceptors (Lipinski definition) is 4. The molecule has 0 saturated heterocycles. The minimum absolute atomic E-state index is 0.0551. The second-order valence-electron chi connectivity index (χ2n) is 9.14. The fourth-order valence-electron chi connectivity index (χ4n) is 4.68. The van der Waals surface area contributed by atoms with E-state index in [4.69, 9.17) is 22.0 Å². The molecule has 0 aliphatic carbocycles. The van der Waals surface area contributed by atoms with E-state index >= 15 is 0 Å². The van der Waals surface area contributed by atoms with Gasteiger partial charge in [-0.2, -0.15) is 0 Å². The quantitative estimate of drug-likeness (QED) is 0.107. The number of aromatic carboxylic acids is 1. The number of alkyl halides is 1. The number of carbonyl (C=O) groups excluding carboxylic acids is 1. The highest BCUT2D eigenvalue weighted by Gasteiger charge is 2.25. The zero-order chi connectivity index (χ0) is 27.1. The Morgan fingerprint density at radius 1 is 1.00 bits per heavy atom. The van der Waals surface area contributed by atoms with Crippen LogP contribution in [0.5, 0.6) is 0 Å². The maximum atomic E-state index is 13.7. The number of halogens is 1. The Morgan fingerprint density at radius 3 is 2.45 bits per heavy atom. The predicted molar refractivity (Wildman–Crippen MR) is 151 cm³/mol. The molecule has 1 amide bonds. The Labute approximate surface area is 227 Å². The molecule has 1 aromatic heterocycles. The Balaban J connectivity index is 1.68. The number of para-hydroxylation sites is 2. The fourth-order valence-corrected chi connectivity index (χ4v) is 4.81. The van der Waals surface area contributed by atoms with Gasteiger partial charge in [-0.3, -0.25) is 4.79 Å². The molecule has 7 nitrogen and oxygen atoms in total. The number of aryl methyl sites for hydroxylation is 1. The van der Waals surface area contributed by atoms with Gasteiger partial charge in [0.2, 0.25) is 0 Å². The van der Waals surface area contributed by atoms with Crippen LogP contribution in [0.25, 0.3) is 22.2 Å². The van der Waals surface area contributed by atoms with Gasteiger partial charge in [-0.1, -0.05) is 55.0 Å². The van der Waals surface area contributed by atoms with E-state index in [1.54, 1.807) is 12.1 Å². The molecule has 0 aliphatic rings. The van der Waals surface area contributed by atoms with Crippen molar-refractivity contribution in [1.82, 2.24) is 14.9 Å². The molecule has 1 atom stereocenters. The number of benzene rings is 3. The van der Waals surface area contributed by atoms with Crippen LogP contribution >= 0.6 is 11.6 Å². The van der Waals surface area contributed by atoms with Crippen LogP contribution in [-0.2, 0) is 6.54 Å². The average molecular weight is 531 g/mol. The molecule has 38 heavy (non-hydrogen) atoms. The summed E-state index contributed by atoms with van der Waals surface area (Å²) in [4.78, 5) is 30.6. The number of nitrogens with one attached hydrogen (secondary N) is 2. The molecule has 8 heteroatoms. The van der Waals surface area contributed by atoms with Gasteiger partial charge in [0.15, 0.2) is 0 Å². The first-order chi connectivity index (χ1) is 18.4. The molecule has 0 unspecified atom stereocenters. The molecular formula is C30H31ClN4O3. The number of carboxylic acid groups (broad SMARTS) is 1. The third-order valence-electron chi connectivity index (χ3n) is 6.60. The zero-order valence-electron chi connectivity index (χ0n) is 21.3. The summed E-state index contributed by atoms with van der Waals surface area (Å²) < 4.78 is 2.08. The average Bonchev–Trinajstić information content (AvgIpc) is 3.33. The highest BCUT2D eigenvalue weighted by Crippen LogP contribution is 2.27. The third kappa shape index (κ3) is 6.11. The van der Waals surface area contributed by atoms with Gasteiger partial charge < -0.3 is 20.4 Å².